The van der Waals surface area contributed by atoms with Gasteiger partial charge in [0.1, 0.15) is 11.3 Å². The summed E-state index contributed by atoms with van der Waals surface area (Å²) in [5, 5.41) is 2.76. The Morgan fingerprint density at radius 3 is 2.51 bits per heavy atom. The third-order valence-electron chi connectivity index (χ3n) is 7.05. The average Bonchev–Trinajstić information content (AvgIpc) is 3.33. The van der Waals surface area contributed by atoms with Gasteiger partial charge in [-0.2, -0.15) is 0 Å². The third-order valence-corrected chi connectivity index (χ3v) is 7.05. The van der Waals surface area contributed by atoms with Crippen LogP contribution in [0.3, 0.4) is 0 Å². The van der Waals surface area contributed by atoms with E-state index in [-0.39, 0.29) is 6.04 Å². The average molecular weight is 493 g/mol. The lowest BCUT2D eigenvalue weighted by molar-refractivity contribution is 0.194. The number of nitrogens with two attached hydrogens (primary N) is 1. The Kier molecular flexibility index (Phi) is 5.48. The number of pyridine rings is 2. The maximum atomic E-state index is 7.45. The van der Waals surface area contributed by atoms with Crippen LogP contribution in [0.2, 0.25) is 0 Å². The molecule has 7 heteroatoms. The number of hydrogen-bond donors (Lipinski definition) is 2. The van der Waals surface area contributed by atoms with Crippen LogP contribution in [-0.2, 0) is 6.54 Å². The van der Waals surface area contributed by atoms with Gasteiger partial charge < -0.3 is 11.1 Å². The number of benzene rings is 2. The molecule has 1 fully saturated rings. The molecule has 1 aliphatic heterocycles. The molecule has 0 saturated carbocycles. The molecule has 186 valence electrons. The molecule has 1 saturated heterocycles. The van der Waals surface area contributed by atoms with E-state index in [4.69, 9.17) is 19.8 Å². The van der Waals surface area contributed by atoms with E-state index >= 15 is 0 Å². The van der Waals surface area contributed by atoms with Crippen LogP contribution in [-0.4, -0.2) is 50.5 Å². The van der Waals surface area contributed by atoms with Crippen molar-refractivity contribution in [3.8, 4) is 28.3 Å². The van der Waals surface area contributed by atoms with E-state index in [2.05, 4.69) is 39.5 Å². The maximum Gasteiger partial charge on any atom is 0.165 e. The summed E-state index contributed by atoms with van der Waals surface area (Å²) in [6.07, 6.45) is 3.32. The van der Waals surface area contributed by atoms with Crippen LogP contribution in [0.5, 0.6) is 0 Å². The lowest BCUT2D eigenvalue weighted by Crippen LogP contribution is -2.40. The van der Waals surface area contributed by atoms with E-state index in [0.29, 0.717) is 11.6 Å². The molecule has 7 nitrogen and oxygen atoms in total. The number of rotatable bonds is 6. The van der Waals surface area contributed by atoms with Crippen LogP contribution in [0.15, 0.2) is 85.1 Å². The largest absolute Gasteiger partial charge is 0.383 e. The number of fused-ring (bicyclic) bond motifs is 1. The van der Waals surface area contributed by atoms with Crippen LogP contribution in [0, 0.1) is 0 Å². The Hall–Kier alpha value is -4.07. The standard InChI is InChI=1S/C30H31N7/c1-32-23-15-18-36(19-16-23)20-21-9-11-24(12-10-21)37-29(25-8-5-17-33-28(25)31)35-27-14-13-26(34-30(27)37)22-6-3-2-4-7-22/h2-14,17,23,32H,15-16,18-20H2,1H3,(H2,31,33)/i1D3. The molecular weight excluding hydrogens is 458 g/mol. The molecule has 0 aliphatic carbocycles. The van der Waals surface area contributed by atoms with Crippen LogP contribution >= 0.6 is 0 Å². The first-order chi connectivity index (χ1) is 19.3. The van der Waals surface area contributed by atoms with Crippen molar-refractivity contribution < 1.29 is 4.11 Å². The van der Waals surface area contributed by atoms with Crippen molar-refractivity contribution in [2.24, 2.45) is 0 Å². The van der Waals surface area contributed by atoms with Crippen LogP contribution in [0.1, 0.15) is 22.5 Å². The minimum atomic E-state index is -2.09. The minimum absolute atomic E-state index is 0.0345. The lowest BCUT2D eigenvalue weighted by atomic mass is 10.0. The van der Waals surface area contributed by atoms with Gasteiger partial charge in [0.2, 0.25) is 0 Å². The summed E-state index contributed by atoms with van der Waals surface area (Å²) in [7, 11) is 0. The number of nitrogen functional groups attached to an aromatic ring is 1. The van der Waals surface area contributed by atoms with Crippen LogP contribution in [0.25, 0.3) is 39.5 Å². The van der Waals surface area contributed by atoms with Gasteiger partial charge in [-0.25, -0.2) is 15.0 Å². The molecule has 0 unspecified atom stereocenters. The molecule has 0 atom stereocenters. The van der Waals surface area contributed by atoms with Gasteiger partial charge in [0.25, 0.3) is 0 Å². The van der Waals surface area contributed by atoms with E-state index in [1.54, 1.807) is 6.20 Å². The van der Waals surface area contributed by atoms with Gasteiger partial charge >= 0.3 is 0 Å². The Morgan fingerprint density at radius 2 is 1.76 bits per heavy atom. The smallest absolute Gasteiger partial charge is 0.165 e. The SMILES string of the molecule is [2H]C([2H])([2H])NC1CCN(Cc2ccc(-n3c(-c4cccnc4N)nc4ccc(-c5ccccc5)nc43)cc2)CC1. The minimum Gasteiger partial charge on any atom is -0.383 e. The molecular formula is C30H31N7. The number of nitrogens with one attached hydrogen (secondary N) is 1. The summed E-state index contributed by atoms with van der Waals surface area (Å²) in [6, 6.07) is 26.3. The highest BCUT2D eigenvalue weighted by molar-refractivity contribution is 5.84. The number of hydrogen-bond acceptors (Lipinski definition) is 6. The number of piperidine rings is 1. The van der Waals surface area contributed by atoms with Gasteiger partial charge in [-0.3, -0.25) is 9.47 Å². The highest BCUT2D eigenvalue weighted by atomic mass is 15.1. The topological polar surface area (TPSA) is 84.9 Å². The zero-order valence-electron chi connectivity index (χ0n) is 23.5. The molecule has 3 N–H and O–H groups in total. The Balaban J connectivity index is 1.31. The normalized spacial score (nSPS) is 16.4. The summed E-state index contributed by atoms with van der Waals surface area (Å²) in [4.78, 5) is 16.6. The van der Waals surface area contributed by atoms with E-state index in [9.17, 15) is 0 Å². The fourth-order valence-electron chi connectivity index (χ4n) is 5.00. The van der Waals surface area contributed by atoms with Gasteiger partial charge in [-0.15, -0.1) is 0 Å². The first kappa shape index (κ1) is 20.0. The lowest BCUT2D eigenvalue weighted by Gasteiger charge is -2.31. The molecule has 0 spiro atoms. The van der Waals surface area contributed by atoms with Gasteiger partial charge in [0.05, 0.1) is 11.3 Å². The molecule has 4 heterocycles. The van der Waals surface area contributed by atoms with Crippen molar-refractivity contribution in [2.75, 3.05) is 25.8 Å². The van der Waals surface area contributed by atoms with Crippen LogP contribution < -0.4 is 11.1 Å². The summed E-state index contributed by atoms with van der Waals surface area (Å²) in [5.41, 5.74) is 12.6. The van der Waals surface area contributed by atoms with Crippen molar-refractivity contribution >= 4 is 17.0 Å². The van der Waals surface area contributed by atoms with Crippen molar-refractivity contribution in [3.63, 3.8) is 0 Å². The second kappa shape index (κ2) is 10.1. The van der Waals surface area contributed by atoms with Gasteiger partial charge in [0, 0.05) is 34.1 Å². The van der Waals surface area contributed by atoms with E-state index in [0.717, 1.165) is 66.1 Å². The fraction of sp³-hybridized carbons (Fsp3) is 0.233. The second-order valence-corrected chi connectivity index (χ2v) is 9.47. The molecule has 1 aliphatic rings. The molecule has 0 amide bonds. The number of imidazole rings is 1. The van der Waals surface area contributed by atoms with E-state index < -0.39 is 6.98 Å². The van der Waals surface area contributed by atoms with Gasteiger partial charge in [-0.1, -0.05) is 42.5 Å². The monoisotopic (exact) mass is 492 g/mol. The predicted octanol–water partition coefficient (Wildman–Crippen LogP) is 4.92. The van der Waals surface area contributed by atoms with Gasteiger partial charge in [-0.05, 0) is 74.9 Å². The van der Waals surface area contributed by atoms with Crippen LogP contribution in [0.4, 0.5) is 5.82 Å². The second-order valence-electron chi connectivity index (χ2n) is 9.47. The molecule has 6 rings (SSSR count). The van der Waals surface area contributed by atoms with Gasteiger partial charge in [0.15, 0.2) is 11.5 Å². The van der Waals surface area contributed by atoms with Crippen molar-refractivity contribution in [1.82, 2.24) is 29.7 Å². The summed E-state index contributed by atoms with van der Waals surface area (Å²) in [5.74, 6) is 1.10. The first-order valence-corrected chi connectivity index (χ1v) is 12.6. The number of likely N-dealkylation sites (tertiary alicyclic amines) is 1. The van der Waals surface area contributed by atoms with Crippen molar-refractivity contribution in [1.29, 1.82) is 0 Å². The Bertz CT molecular complexity index is 1610. The number of anilines is 1. The summed E-state index contributed by atoms with van der Waals surface area (Å²) >= 11 is 0. The Labute approximate surface area is 221 Å². The number of aromatic nitrogens is 4. The maximum absolute atomic E-state index is 7.45. The first-order valence-electron chi connectivity index (χ1n) is 14.1. The predicted molar refractivity (Wildman–Crippen MR) is 149 cm³/mol. The molecule has 5 aromatic rings. The molecule has 3 aromatic heterocycles. The van der Waals surface area contributed by atoms with Crippen molar-refractivity contribution in [2.45, 2.75) is 25.4 Å². The highest BCUT2D eigenvalue weighted by Gasteiger charge is 2.20. The quantitative estimate of drug-likeness (QED) is 0.350. The fourth-order valence-corrected chi connectivity index (χ4v) is 5.00. The molecule has 0 bridgehead atoms. The third kappa shape index (κ3) is 4.71. The van der Waals surface area contributed by atoms with Crippen molar-refractivity contribution in [3.05, 3.63) is 90.6 Å². The van der Waals surface area contributed by atoms with E-state index in [1.165, 1.54) is 5.56 Å². The Morgan fingerprint density at radius 1 is 0.946 bits per heavy atom. The zero-order valence-corrected chi connectivity index (χ0v) is 20.5. The molecule has 37 heavy (non-hydrogen) atoms. The zero-order chi connectivity index (χ0) is 27.7. The molecule has 0 radical (unpaired) electrons. The van der Waals surface area contributed by atoms with E-state index in [1.807, 2.05) is 59.2 Å². The summed E-state index contributed by atoms with van der Waals surface area (Å²) < 4.78 is 24.4. The number of nitrogens with zero attached hydrogens (tertiary/aromatic N) is 5. The summed E-state index contributed by atoms with van der Waals surface area (Å²) in [6.45, 7) is 0.441. The molecule has 2 aromatic carbocycles. The highest BCUT2D eigenvalue weighted by Crippen LogP contribution is 2.32.